The first kappa shape index (κ1) is 15.1. The highest BCUT2D eigenvalue weighted by atomic mass is 35.5. The maximum absolute atomic E-state index is 13.4. The van der Waals surface area contributed by atoms with Gasteiger partial charge in [-0.3, -0.25) is 4.79 Å². The molecule has 110 valence electrons. The number of anilines is 3. The molecule has 0 spiro atoms. The zero-order valence-corrected chi connectivity index (χ0v) is 12.2. The summed E-state index contributed by atoms with van der Waals surface area (Å²) in [5.41, 5.74) is 12.6. The predicted octanol–water partition coefficient (Wildman–Crippen LogP) is 3.32. The quantitative estimate of drug-likeness (QED) is 0.851. The molecule has 6 heteroatoms. The lowest BCUT2D eigenvalue weighted by molar-refractivity contribution is 0.100. The fourth-order valence-electron chi connectivity index (χ4n) is 2.20. The number of nitrogens with two attached hydrogens (primary N) is 2. The molecule has 0 saturated carbocycles. The molecule has 0 heterocycles. The number of halogens is 2. The highest BCUT2D eigenvalue weighted by Crippen LogP contribution is 2.36. The smallest absolute Gasteiger partial charge is 0.250 e. The molecular weight excluding hydrogens is 293 g/mol. The Bertz CT molecular complexity index is 691. The van der Waals surface area contributed by atoms with Crippen molar-refractivity contribution in [3.8, 4) is 0 Å². The number of hydrogen-bond acceptors (Lipinski definition) is 3. The number of nitrogens with zero attached hydrogens (tertiary/aromatic N) is 1. The lowest BCUT2D eigenvalue weighted by Crippen LogP contribution is -2.22. The Morgan fingerprint density at radius 1 is 1.33 bits per heavy atom. The Kier molecular flexibility index (Phi) is 4.33. The second-order valence-corrected chi connectivity index (χ2v) is 4.89. The summed E-state index contributed by atoms with van der Waals surface area (Å²) in [6.45, 7) is 2.34. The highest BCUT2D eigenvalue weighted by molar-refractivity contribution is 6.34. The number of nitrogen functional groups attached to an aromatic ring is 1. The van der Waals surface area contributed by atoms with E-state index in [2.05, 4.69) is 0 Å². The topological polar surface area (TPSA) is 72.3 Å². The van der Waals surface area contributed by atoms with E-state index < -0.39 is 5.91 Å². The Morgan fingerprint density at radius 3 is 2.62 bits per heavy atom. The Labute approximate surface area is 127 Å². The number of benzene rings is 2. The first-order chi connectivity index (χ1) is 9.93. The lowest BCUT2D eigenvalue weighted by atomic mass is 10.1. The Morgan fingerprint density at radius 2 is 2.05 bits per heavy atom. The number of hydrogen-bond donors (Lipinski definition) is 2. The summed E-state index contributed by atoms with van der Waals surface area (Å²) in [5, 5.41) is 0.287. The van der Waals surface area contributed by atoms with E-state index in [-0.39, 0.29) is 16.4 Å². The minimum absolute atomic E-state index is 0.200. The summed E-state index contributed by atoms with van der Waals surface area (Å²) < 4.78 is 13.4. The van der Waals surface area contributed by atoms with E-state index >= 15 is 0 Å². The fraction of sp³-hybridized carbons (Fsp3) is 0.133. The van der Waals surface area contributed by atoms with Gasteiger partial charge >= 0.3 is 0 Å². The molecule has 2 rings (SSSR count). The molecule has 1 amide bonds. The van der Waals surface area contributed by atoms with Crippen LogP contribution < -0.4 is 16.4 Å². The van der Waals surface area contributed by atoms with Crippen LogP contribution in [0.2, 0.25) is 5.02 Å². The lowest BCUT2D eigenvalue weighted by Gasteiger charge is -2.26. The summed E-state index contributed by atoms with van der Waals surface area (Å²) in [6.07, 6.45) is 0. The van der Waals surface area contributed by atoms with Crippen LogP contribution in [0, 0.1) is 5.82 Å². The third kappa shape index (κ3) is 3.08. The second-order valence-electron chi connectivity index (χ2n) is 4.49. The van der Waals surface area contributed by atoms with E-state index in [9.17, 15) is 9.18 Å². The van der Waals surface area contributed by atoms with Crippen LogP contribution in [0.4, 0.5) is 21.5 Å². The van der Waals surface area contributed by atoms with Crippen molar-refractivity contribution in [1.29, 1.82) is 0 Å². The molecule has 4 nitrogen and oxygen atoms in total. The van der Waals surface area contributed by atoms with Crippen LogP contribution in [-0.2, 0) is 0 Å². The van der Waals surface area contributed by atoms with Crippen molar-refractivity contribution in [2.24, 2.45) is 5.73 Å². The van der Waals surface area contributed by atoms with Gasteiger partial charge in [-0.2, -0.15) is 0 Å². The molecule has 0 atom stereocenters. The van der Waals surface area contributed by atoms with Crippen LogP contribution in [0.25, 0.3) is 0 Å². The van der Waals surface area contributed by atoms with Gasteiger partial charge in [0.2, 0.25) is 0 Å². The zero-order chi connectivity index (χ0) is 15.6. The minimum atomic E-state index is -0.644. The van der Waals surface area contributed by atoms with Gasteiger partial charge in [0.1, 0.15) is 5.82 Å². The van der Waals surface area contributed by atoms with E-state index in [4.69, 9.17) is 23.1 Å². The molecule has 0 saturated heterocycles. The van der Waals surface area contributed by atoms with Crippen LogP contribution in [-0.4, -0.2) is 12.5 Å². The third-order valence-corrected chi connectivity index (χ3v) is 3.35. The Balaban J connectivity index is 2.65. The monoisotopic (exact) mass is 307 g/mol. The number of rotatable bonds is 4. The molecule has 21 heavy (non-hydrogen) atoms. The van der Waals surface area contributed by atoms with Crippen molar-refractivity contribution >= 4 is 34.6 Å². The van der Waals surface area contributed by atoms with Gasteiger partial charge in [-0.25, -0.2) is 4.39 Å². The summed E-state index contributed by atoms with van der Waals surface area (Å²) in [6, 6.07) is 9.02. The highest BCUT2D eigenvalue weighted by Gasteiger charge is 2.20. The summed E-state index contributed by atoms with van der Waals surface area (Å²) in [7, 11) is 0. The summed E-state index contributed by atoms with van der Waals surface area (Å²) >= 11 is 6.22. The average Bonchev–Trinajstić information content (AvgIpc) is 2.41. The van der Waals surface area contributed by atoms with Crippen molar-refractivity contribution in [1.82, 2.24) is 0 Å². The zero-order valence-electron chi connectivity index (χ0n) is 11.4. The third-order valence-electron chi connectivity index (χ3n) is 3.06. The van der Waals surface area contributed by atoms with Crippen molar-refractivity contribution < 1.29 is 9.18 Å². The van der Waals surface area contributed by atoms with Crippen molar-refractivity contribution in [3.63, 3.8) is 0 Å². The van der Waals surface area contributed by atoms with Gasteiger partial charge < -0.3 is 16.4 Å². The standard InChI is InChI=1S/C15H15ClFN3O/c1-2-20(11-5-3-4-9(17)6-11)14-12(15(19)21)7-10(18)8-13(14)16/h3-8H,2,18H2,1H3,(H2,19,21). The maximum Gasteiger partial charge on any atom is 0.250 e. The molecule has 0 fully saturated rings. The molecule has 0 radical (unpaired) electrons. The average molecular weight is 308 g/mol. The summed E-state index contributed by atoms with van der Waals surface area (Å²) in [5.74, 6) is -1.02. The molecule has 0 aromatic heterocycles. The van der Waals surface area contributed by atoms with Crippen LogP contribution in [0.1, 0.15) is 17.3 Å². The van der Waals surface area contributed by atoms with Crippen LogP contribution >= 0.6 is 11.6 Å². The molecule has 0 aliphatic heterocycles. The van der Waals surface area contributed by atoms with Crippen LogP contribution in [0.5, 0.6) is 0 Å². The van der Waals surface area contributed by atoms with Crippen LogP contribution in [0.3, 0.4) is 0 Å². The first-order valence-electron chi connectivity index (χ1n) is 6.36. The molecule has 4 N–H and O–H groups in total. The van der Waals surface area contributed by atoms with E-state index in [0.29, 0.717) is 23.6 Å². The van der Waals surface area contributed by atoms with Gasteiger partial charge in [-0.05, 0) is 37.3 Å². The number of amides is 1. The normalized spacial score (nSPS) is 10.4. The van der Waals surface area contributed by atoms with E-state index in [0.717, 1.165) is 0 Å². The molecule has 2 aromatic carbocycles. The van der Waals surface area contributed by atoms with Crippen LogP contribution in [0.15, 0.2) is 36.4 Å². The Hall–Kier alpha value is -2.27. The fourth-order valence-corrected chi connectivity index (χ4v) is 2.53. The van der Waals surface area contributed by atoms with Crippen molar-refractivity contribution in [3.05, 3.63) is 52.8 Å². The van der Waals surface area contributed by atoms with Gasteiger partial charge in [0.05, 0.1) is 16.3 Å². The van der Waals surface area contributed by atoms with Gasteiger partial charge in [0.25, 0.3) is 5.91 Å². The number of primary amides is 1. The SMILES string of the molecule is CCN(c1cccc(F)c1)c1c(Cl)cc(N)cc1C(N)=O. The van der Waals surface area contributed by atoms with Gasteiger partial charge in [0, 0.05) is 17.9 Å². The van der Waals surface area contributed by atoms with E-state index in [1.807, 2.05) is 6.92 Å². The molecule has 0 aliphatic rings. The molecule has 2 aromatic rings. The largest absolute Gasteiger partial charge is 0.399 e. The second kappa shape index (κ2) is 6.01. The first-order valence-corrected chi connectivity index (χ1v) is 6.73. The minimum Gasteiger partial charge on any atom is -0.399 e. The van der Waals surface area contributed by atoms with Gasteiger partial charge in [-0.1, -0.05) is 17.7 Å². The van der Waals surface area contributed by atoms with Gasteiger partial charge in [0.15, 0.2) is 0 Å². The van der Waals surface area contributed by atoms with Gasteiger partial charge in [-0.15, -0.1) is 0 Å². The van der Waals surface area contributed by atoms with Crippen molar-refractivity contribution in [2.75, 3.05) is 17.2 Å². The maximum atomic E-state index is 13.4. The van der Waals surface area contributed by atoms with E-state index in [1.165, 1.54) is 24.3 Å². The molecule has 0 aliphatic carbocycles. The molecule has 0 unspecified atom stereocenters. The summed E-state index contributed by atoms with van der Waals surface area (Å²) in [4.78, 5) is 13.4. The van der Waals surface area contributed by atoms with Crippen molar-refractivity contribution in [2.45, 2.75) is 6.92 Å². The number of carbonyl (C=O) groups excluding carboxylic acids is 1. The molecular formula is C15H15ClFN3O. The predicted molar refractivity (Wildman–Crippen MR) is 83.5 cm³/mol. The van der Waals surface area contributed by atoms with E-state index in [1.54, 1.807) is 17.0 Å². The number of carbonyl (C=O) groups is 1. The molecule has 0 bridgehead atoms.